The van der Waals surface area contributed by atoms with Crippen molar-refractivity contribution in [2.75, 3.05) is 29.9 Å². The van der Waals surface area contributed by atoms with Crippen LogP contribution in [0, 0.1) is 5.92 Å². The molecule has 104 valence electrons. The molecule has 0 aliphatic carbocycles. The van der Waals surface area contributed by atoms with Gasteiger partial charge in [-0.05, 0) is 48.9 Å². The fourth-order valence-corrected chi connectivity index (χ4v) is 2.97. The summed E-state index contributed by atoms with van der Waals surface area (Å²) in [6.45, 7) is 4.38. The number of hydrogen-bond acceptors (Lipinski definition) is 3. The van der Waals surface area contributed by atoms with Gasteiger partial charge in [-0.25, -0.2) is 0 Å². The molecule has 1 aliphatic rings. The molecular weight excluding hydrogens is 256 g/mol. The van der Waals surface area contributed by atoms with Crippen LogP contribution >= 0.6 is 11.8 Å². The smallest absolute Gasteiger partial charge is 0.234 e. The van der Waals surface area contributed by atoms with Crippen LogP contribution in [0.2, 0.25) is 0 Å². The maximum absolute atomic E-state index is 11.8. The molecule has 1 amide bonds. The molecule has 0 spiro atoms. The highest BCUT2D eigenvalue weighted by molar-refractivity contribution is 7.99. The number of rotatable bonds is 7. The van der Waals surface area contributed by atoms with Gasteiger partial charge in [-0.2, -0.15) is 11.8 Å². The number of anilines is 1. The van der Waals surface area contributed by atoms with Crippen LogP contribution in [0.4, 0.5) is 5.69 Å². The molecule has 4 heteroatoms. The lowest BCUT2D eigenvalue weighted by Gasteiger charge is -2.26. The van der Waals surface area contributed by atoms with E-state index in [2.05, 4.69) is 29.7 Å². The summed E-state index contributed by atoms with van der Waals surface area (Å²) in [6, 6.07) is 8.16. The van der Waals surface area contributed by atoms with Gasteiger partial charge in [0.1, 0.15) is 0 Å². The second kappa shape index (κ2) is 7.56. The van der Waals surface area contributed by atoms with Crippen LogP contribution in [-0.2, 0) is 11.2 Å². The van der Waals surface area contributed by atoms with Crippen molar-refractivity contribution in [3.05, 3.63) is 29.8 Å². The molecule has 1 saturated heterocycles. The monoisotopic (exact) mass is 278 g/mol. The van der Waals surface area contributed by atoms with Crippen molar-refractivity contribution in [3.8, 4) is 0 Å². The molecular formula is C15H22N2OS. The van der Waals surface area contributed by atoms with Crippen molar-refractivity contribution >= 4 is 23.4 Å². The Kier molecular flexibility index (Phi) is 5.73. The molecule has 0 saturated carbocycles. The quantitative estimate of drug-likeness (QED) is 0.805. The first-order valence-corrected chi connectivity index (χ1v) is 8.10. The van der Waals surface area contributed by atoms with Gasteiger partial charge < -0.3 is 10.6 Å². The maximum atomic E-state index is 11.8. The molecule has 1 aromatic carbocycles. The fraction of sp³-hybridized carbons (Fsp3) is 0.533. The highest BCUT2D eigenvalue weighted by Crippen LogP contribution is 2.14. The number of thioether (sulfide) groups is 1. The van der Waals surface area contributed by atoms with Gasteiger partial charge in [0, 0.05) is 5.69 Å². The number of amides is 1. The Labute approximate surface area is 119 Å². The van der Waals surface area contributed by atoms with E-state index in [4.69, 9.17) is 0 Å². The molecule has 0 atom stereocenters. The van der Waals surface area contributed by atoms with E-state index in [9.17, 15) is 4.79 Å². The van der Waals surface area contributed by atoms with Gasteiger partial charge in [-0.3, -0.25) is 4.79 Å². The number of carbonyl (C=O) groups is 1. The van der Waals surface area contributed by atoms with Gasteiger partial charge in [0.2, 0.25) is 5.91 Å². The lowest BCUT2D eigenvalue weighted by molar-refractivity contribution is -0.113. The van der Waals surface area contributed by atoms with Crippen molar-refractivity contribution in [1.82, 2.24) is 5.32 Å². The van der Waals surface area contributed by atoms with Crippen LogP contribution in [0.5, 0.6) is 0 Å². The molecule has 3 nitrogen and oxygen atoms in total. The second-order valence-electron chi connectivity index (χ2n) is 5.03. The lowest BCUT2D eigenvalue weighted by Crippen LogP contribution is -2.43. The van der Waals surface area contributed by atoms with Crippen molar-refractivity contribution in [3.63, 3.8) is 0 Å². The number of benzene rings is 1. The molecule has 1 aliphatic heterocycles. The van der Waals surface area contributed by atoms with E-state index >= 15 is 0 Å². The third kappa shape index (κ3) is 4.88. The standard InChI is InChI=1S/C15H22N2OS/c1-2-3-12-4-6-14(7-5-12)17-15(18)11-19-10-13-8-16-9-13/h4-7,13,16H,2-3,8-11H2,1H3,(H,17,18). The Morgan fingerprint density at radius 3 is 2.68 bits per heavy atom. The highest BCUT2D eigenvalue weighted by Gasteiger charge is 2.16. The molecule has 2 rings (SSSR count). The van der Waals surface area contributed by atoms with Crippen molar-refractivity contribution < 1.29 is 4.79 Å². The largest absolute Gasteiger partial charge is 0.325 e. The van der Waals surface area contributed by atoms with Gasteiger partial charge in [-0.1, -0.05) is 25.5 Å². The van der Waals surface area contributed by atoms with Gasteiger partial charge in [0.05, 0.1) is 5.75 Å². The van der Waals surface area contributed by atoms with E-state index < -0.39 is 0 Å². The van der Waals surface area contributed by atoms with Crippen molar-refractivity contribution in [1.29, 1.82) is 0 Å². The summed E-state index contributed by atoms with van der Waals surface area (Å²) < 4.78 is 0. The van der Waals surface area contributed by atoms with E-state index in [1.165, 1.54) is 5.56 Å². The molecule has 1 fully saturated rings. The summed E-state index contributed by atoms with van der Waals surface area (Å²) in [5.74, 6) is 2.48. The van der Waals surface area contributed by atoms with E-state index in [-0.39, 0.29) is 5.91 Å². The Balaban J connectivity index is 1.68. The van der Waals surface area contributed by atoms with Crippen LogP contribution in [-0.4, -0.2) is 30.5 Å². The van der Waals surface area contributed by atoms with Crippen LogP contribution in [0.15, 0.2) is 24.3 Å². The molecule has 19 heavy (non-hydrogen) atoms. The van der Waals surface area contributed by atoms with E-state index in [0.29, 0.717) is 5.75 Å². The first kappa shape index (κ1) is 14.4. The zero-order chi connectivity index (χ0) is 13.5. The molecule has 2 N–H and O–H groups in total. The minimum atomic E-state index is 0.0977. The third-order valence-corrected chi connectivity index (χ3v) is 4.40. The number of aryl methyl sites for hydroxylation is 1. The predicted octanol–water partition coefficient (Wildman–Crippen LogP) is 2.53. The predicted molar refractivity (Wildman–Crippen MR) is 82.8 cm³/mol. The van der Waals surface area contributed by atoms with Crippen molar-refractivity contribution in [2.24, 2.45) is 5.92 Å². The molecule has 0 aromatic heterocycles. The lowest BCUT2D eigenvalue weighted by atomic mass is 10.1. The van der Waals surface area contributed by atoms with Gasteiger partial charge >= 0.3 is 0 Å². The minimum absolute atomic E-state index is 0.0977. The molecule has 1 heterocycles. The topological polar surface area (TPSA) is 41.1 Å². The summed E-state index contributed by atoms with van der Waals surface area (Å²) >= 11 is 1.72. The summed E-state index contributed by atoms with van der Waals surface area (Å²) in [5.41, 5.74) is 2.23. The van der Waals surface area contributed by atoms with Crippen LogP contribution < -0.4 is 10.6 Å². The molecule has 1 aromatic rings. The zero-order valence-electron chi connectivity index (χ0n) is 11.4. The second-order valence-corrected chi connectivity index (χ2v) is 6.06. The Morgan fingerprint density at radius 1 is 1.37 bits per heavy atom. The summed E-state index contributed by atoms with van der Waals surface area (Å²) in [6.07, 6.45) is 2.25. The SMILES string of the molecule is CCCc1ccc(NC(=O)CSCC2CNC2)cc1. The molecule has 0 radical (unpaired) electrons. The fourth-order valence-electron chi connectivity index (χ4n) is 2.03. The van der Waals surface area contributed by atoms with Gasteiger partial charge in [0.25, 0.3) is 0 Å². The minimum Gasteiger partial charge on any atom is -0.325 e. The summed E-state index contributed by atoms with van der Waals surface area (Å²) in [5, 5.41) is 6.19. The Morgan fingerprint density at radius 2 is 2.11 bits per heavy atom. The summed E-state index contributed by atoms with van der Waals surface area (Å²) in [4.78, 5) is 11.8. The normalized spacial score (nSPS) is 15.0. The maximum Gasteiger partial charge on any atom is 0.234 e. The van der Waals surface area contributed by atoms with Crippen LogP contribution in [0.25, 0.3) is 0 Å². The Hall–Kier alpha value is -1.00. The van der Waals surface area contributed by atoms with Crippen LogP contribution in [0.1, 0.15) is 18.9 Å². The zero-order valence-corrected chi connectivity index (χ0v) is 12.3. The number of nitrogens with one attached hydrogen (secondary N) is 2. The first-order chi connectivity index (χ1) is 9.28. The van der Waals surface area contributed by atoms with Gasteiger partial charge in [0.15, 0.2) is 0 Å². The molecule has 0 unspecified atom stereocenters. The van der Waals surface area contributed by atoms with Gasteiger partial charge in [-0.15, -0.1) is 0 Å². The van der Waals surface area contributed by atoms with E-state index in [1.54, 1.807) is 11.8 Å². The number of hydrogen-bond donors (Lipinski definition) is 2. The van der Waals surface area contributed by atoms with Crippen LogP contribution in [0.3, 0.4) is 0 Å². The number of carbonyl (C=O) groups excluding carboxylic acids is 1. The average molecular weight is 278 g/mol. The van der Waals surface area contributed by atoms with Crippen molar-refractivity contribution in [2.45, 2.75) is 19.8 Å². The average Bonchev–Trinajstić information content (AvgIpc) is 2.35. The first-order valence-electron chi connectivity index (χ1n) is 6.95. The summed E-state index contributed by atoms with van der Waals surface area (Å²) in [7, 11) is 0. The molecule has 0 bridgehead atoms. The third-order valence-electron chi connectivity index (χ3n) is 3.23. The Bertz CT molecular complexity index is 401. The van der Waals surface area contributed by atoms with E-state index in [0.717, 1.165) is 43.3 Å². The van der Waals surface area contributed by atoms with E-state index in [1.807, 2.05) is 12.1 Å². The highest BCUT2D eigenvalue weighted by atomic mass is 32.2.